The van der Waals surface area contributed by atoms with Crippen molar-refractivity contribution in [2.45, 2.75) is 17.9 Å². The number of nitrogens with zero attached hydrogens (tertiary/aromatic N) is 4. The summed E-state index contributed by atoms with van der Waals surface area (Å²) >= 11 is 0. The highest BCUT2D eigenvalue weighted by Gasteiger charge is 2.21. The zero-order chi connectivity index (χ0) is 31.7. The number of aryl methyl sites for hydroxylation is 2. The summed E-state index contributed by atoms with van der Waals surface area (Å²) in [6, 6.07) is 18.0. The number of pyridine rings is 1. The minimum absolute atomic E-state index is 0.0176. The Kier molecular flexibility index (Phi) is 10.4. The smallest absolute Gasteiger partial charge is 0.286 e. The number of nitrogens with one attached hydrogen (secondary N) is 2. The van der Waals surface area contributed by atoms with Gasteiger partial charge < -0.3 is 20.8 Å². The second-order valence-electron chi connectivity index (χ2n) is 9.68. The molecule has 2 heterocycles. The molecule has 0 aliphatic carbocycles. The Morgan fingerprint density at radius 1 is 1.02 bits per heavy atom. The average Bonchev–Trinajstić information content (AvgIpc) is 3.37. The Hall–Kier alpha value is -5.16. The molecule has 0 saturated carbocycles. The van der Waals surface area contributed by atoms with Crippen LogP contribution in [0.25, 0.3) is 0 Å². The fourth-order valence-corrected chi connectivity index (χ4v) is 5.73. The van der Waals surface area contributed by atoms with Crippen LogP contribution in [0.4, 0.5) is 5.69 Å². The third-order valence-electron chi connectivity index (χ3n) is 6.11. The maximum absolute atomic E-state index is 13.9. The molecule has 0 aliphatic rings. The van der Waals surface area contributed by atoms with Gasteiger partial charge in [-0.15, -0.1) is 0 Å². The Bertz CT molecular complexity index is 1870. The van der Waals surface area contributed by atoms with Crippen LogP contribution in [0.5, 0.6) is 0 Å². The van der Waals surface area contributed by atoms with Gasteiger partial charge in [-0.05, 0) is 49.4 Å². The van der Waals surface area contributed by atoms with Crippen molar-refractivity contribution in [3.05, 3.63) is 107 Å². The monoisotopic (exact) mass is 614 g/mol. The van der Waals surface area contributed by atoms with Crippen LogP contribution in [0, 0.1) is 18.8 Å². The minimum atomic E-state index is -3.56. The molecule has 226 valence electrons. The van der Waals surface area contributed by atoms with E-state index < -0.39 is 40.0 Å². The summed E-state index contributed by atoms with van der Waals surface area (Å²) in [5.74, 6) is 3.38. The molecule has 3 amide bonds. The van der Waals surface area contributed by atoms with Crippen molar-refractivity contribution < 1.29 is 28.8 Å². The normalized spacial score (nSPS) is 12.6. The third-order valence-corrected chi connectivity index (χ3v) is 8.23. The van der Waals surface area contributed by atoms with Crippen LogP contribution in [-0.2, 0) is 21.6 Å². The summed E-state index contributed by atoms with van der Waals surface area (Å²) in [7, 11) is -1.87. The molecule has 2 aromatic carbocycles. The minimum Gasteiger partial charge on any atom is -0.394 e. The summed E-state index contributed by atoms with van der Waals surface area (Å²) in [6.07, 6.45) is 1.53. The molecule has 0 saturated heterocycles. The number of anilines is 1. The van der Waals surface area contributed by atoms with E-state index in [1.54, 1.807) is 62.5 Å². The first-order valence-corrected chi connectivity index (χ1v) is 15.0. The van der Waals surface area contributed by atoms with Gasteiger partial charge in [-0.3, -0.25) is 24.0 Å². The number of amides is 3. The van der Waals surface area contributed by atoms with Gasteiger partial charge in [0.2, 0.25) is 5.91 Å². The molecule has 0 aliphatic heterocycles. The van der Waals surface area contributed by atoms with Crippen LogP contribution in [-0.4, -0.2) is 71.9 Å². The van der Waals surface area contributed by atoms with Crippen molar-refractivity contribution in [1.82, 2.24) is 20.1 Å². The Morgan fingerprint density at radius 3 is 2.48 bits per heavy atom. The fraction of sp³-hybridized carbons (Fsp3) is 0.194. The van der Waals surface area contributed by atoms with Gasteiger partial charge in [0.25, 0.3) is 11.8 Å². The maximum atomic E-state index is 13.9. The molecule has 0 radical (unpaired) electrons. The summed E-state index contributed by atoms with van der Waals surface area (Å²) < 4.78 is 19.3. The number of aliphatic hydroxyl groups is 2. The molecule has 4 N–H and O–H groups in total. The molecule has 4 aromatic rings. The van der Waals surface area contributed by atoms with Gasteiger partial charge in [0.05, 0.1) is 33.7 Å². The Labute approximate surface area is 254 Å². The predicted molar refractivity (Wildman–Crippen MR) is 163 cm³/mol. The zero-order valence-electron chi connectivity index (χ0n) is 23.9. The van der Waals surface area contributed by atoms with Gasteiger partial charge in [-0.25, -0.2) is 4.21 Å². The Balaban J connectivity index is 1.54. The first-order valence-electron chi connectivity index (χ1n) is 13.4. The SMILES string of the molecule is Cc1cc(C(=O)Nc2cccc(C#Cc3cncc(C(=O)N=[S@](=O)(CC(=O)NC[C@H](O)CO)c4ccccc4)c3)c2)n(C)n1. The van der Waals surface area contributed by atoms with Crippen LogP contribution >= 0.6 is 0 Å². The second-order valence-corrected chi connectivity index (χ2v) is 11.9. The number of benzene rings is 2. The largest absolute Gasteiger partial charge is 0.394 e. The van der Waals surface area contributed by atoms with Crippen molar-refractivity contribution in [2.75, 3.05) is 24.2 Å². The lowest BCUT2D eigenvalue weighted by molar-refractivity contribution is -0.119. The Morgan fingerprint density at radius 2 is 1.77 bits per heavy atom. The van der Waals surface area contributed by atoms with E-state index in [1.165, 1.54) is 35.3 Å². The van der Waals surface area contributed by atoms with Crippen LogP contribution in [0.2, 0.25) is 0 Å². The standard InChI is InChI=1S/C31H30N6O6S/c1-21-13-28(37(2)35-21)31(42)34-25-8-6-7-22(15-25)11-12-23-14-24(17-32-16-23)30(41)36-44(43,27-9-4-3-5-10-27)20-29(40)33-18-26(39)19-38/h3-10,13-17,26,38-39H,18-20H2,1-2H3,(H,33,40)(H,34,42)/t26-,44-/m0/s1. The summed E-state index contributed by atoms with van der Waals surface area (Å²) in [5.41, 5.74) is 2.66. The van der Waals surface area contributed by atoms with E-state index in [9.17, 15) is 23.7 Å². The molecule has 44 heavy (non-hydrogen) atoms. The van der Waals surface area contributed by atoms with Crippen LogP contribution < -0.4 is 10.6 Å². The maximum Gasteiger partial charge on any atom is 0.286 e. The van der Waals surface area contributed by atoms with Crippen LogP contribution in [0.15, 0.2) is 88.4 Å². The summed E-state index contributed by atoms with van der Waals surface area (Å²) in [5, 5.41) is 27.9. The first kappa shape index (κ1) is 31.8. The highest BCUT2D eigenvalue weighted by molar-refractivity contribution is 7.94. The van der Waals surface area contributed by atoms with E-state index in [1.807, 2.05) is 0 Å². The number of aliphatic hydroxyl groups excluding tert-OH is 2. The molecule has 12 nitrogen and oxygen atoms in total. The summed E-state index contributed by atoms with van der Waals surface area (Å²) in [4.78, 5) is 42.6. The van der Waals surface area contributed by atoms with Gasteiger partial charge in [0.1, 0.15) is 11.4 Å². The molecule has 4 rings (SSSR count). The predicted octanol–water partition coefficient (Wildman–Crippen LogP) is 1.91. The van der Waals surface area contributed by atoms with E-state index >= 15 is 0 Å². The number of aromatic nitrogens is 3. The van der Waals surface area contributed by atoms with E-state index in [0.717, 1.165) is 5.69 Å². The van der Waals surface area contributed by atoms with Crippen molar-refractivity contribution in [2.24, 2.45) is 11.4 Å². The van der Waals surface area contributed by atoms with E-state index in [-0.39, 0.29) is 22.9 Å². The van der Waals surface area contributed by atoms with Crippen LogP contribution in [0.1, 0.15) is 37.7 Å². The molecule has 0 unspecified atom stereocenters. The lowest BCUT2D eigenvalue weighted by Crippen LogP contribution is -2.37. The van der Waals surface area contributed by atoms with Gasteiger partial charge in [-0.1, -0.05) is 36.1 Å². The average molecular weight is 615 g/mol. The van der Waals surface area contributed by atoms with Crippen molar-refractivity contribution in [3.8, 4) is 11.8 Å². The van der Waals surface area contributed by atoms with Crippen molar-refractivity contribution in [3.63, 3.8) is 0 Å². The summed E-state index contributed by atoms with van der Waals surface area (Å²) in [6.45, 7) is 0.989. The van der Waals surface area contributed by atoms with Gasteiger partial charge >= 0.3 is 0 Å². The van der Waals surface area contributed by atoms with Gasteiger partial charge in [-0.2, -0.15) is 9.46 Å². The third kappa shape index (κ3) is 8.45. The van der Waals surface area contributed by atoms with E-state index in [0.29, 0.717) is 22.5 Å². The van der Waals surface area contributed by atoms with Crippen LogP contribution in [0.3, 0.4) is 0 Å². The molecule has 0 fully saturated rings. The van der Waals surface area contributed by atoms with Gasteiger partial charge in [0.15, 0.2) is 0 Å². The van der Waals surface area contributed by atoms with Gasteiger partial charge in [0, 0.05) is 47.7 Å². The van der Waals surface area contributed by atoms with Crippen molar-refractivity contribution >= 4 is 33.1 Å². The highest BCUT2D eigenvalue weighted by atomic mass is 32.2. The number of carbonyl (C=O) groups is 3. The highest BCUT2D eigenvalue weighted by Crippen LogP contribution is 2.17. The molecular weight excluding hydrogens is 584 g/mol. The lowest BCUT2D eigenvalue weighted by Gasteiger charge is -2.12. The zero-order valence-corrected chi connectivity index (χ0v) is 24.7. The molecular formula is C31H30N6O6S. The molecule has 13 heteroatoms. The van der Waals surface area contributed by atoms with E-state index in [2.05, 4.69) is 36.9 Å². The molecule has 0 bridgehead atoms. The first-order chi connectivity index (χ1) is 21.1. The second kappa shape index (κ2) is 14.3. The lowest BCUT2D eigenvalue weighted by atomic mass is 10.1. The quantitative estimate of drug-likeness (QED) is 0.207. The van der Waals surface area contributed by atoms with Crippen molar-refractivity contribution in [1.29, 1.82) is 0 Å². The molecule has 0 spiro atoms. The number of rotatable bonds is 9. The number of carbonyl (C=O) groups excluding carboxylic acids is 3. The fourth-order valence-electron chi connectivity index (χ4n) is 3.98. The number of hydrogen-bond donors (Lipinski definition) is 4. The molecule has 2 atom stereocenters. The topological polar surface area (TPSA) is 176 Å². The number of hydrogen-bond acceptors (Lipinski definition) is 8. The van der Waals surface area contributed by atoms with E-state index in [4.69, 9.17) is 5.11 Å². The molecule has 2 aromatic heterocycles.